The van der Waals surface area contributed by atoms with Crippen LogP contribution in [0.4, 0.5) is 11.4 Å². The van der Waals surface area contributed by atoms with Crippen LogP contribution in [-0.2, 0) is 9.59 Å². The van der Waals surface area contributed by atoms with Gasteiger partial charge in [0.05, 0.1) is 16.8 Å². The number of benzene rings is 2. The van der Waals surface area contributed by atoms with Crippen molar-refractivity contribution < 1.29 is 24.0 Å². The molecule has 1 atom stereocenters. The van der Waals surface area contributed by atoms with E-state index < -0.39 is 22.0 Å². The third-order valence-electron chi connectivity index (χ3n) is 4.43. The van der Waals surface area contributed by atoms with E-state index >= 15 is 0 Å². The van der Waals surface area contributed by atoms with E-state index in [0.717, 1.165) is 22.2 Å². The van der Waals surface area contributed by atoms with Gasteiger partial charge in [0.15, 0.2) is 16.7 Å². The van der Waals surface area contributed by atoms with Gasteiger partial charge in [0.25, 0.3) is 5.69 Å². The van der Waals surface area contributed by atoms with Crippen LogP contribution in [0.25, 0.3) is 0 Å². The molecule has 4 rings (SSSR count). The molecular weight excluding hydrogens is 426 g/mol. The number of hydrogen-bond donors (Lipinski definition) is 1. The fourth-order valence-electron chi connectivity index (χ4n) is 3.03. The molecule has 0 saturated carbocycles. The maximum atomic E-state index is 12.7. The van der Waals surface area contributed by atoms with Crippen molar-refractivity contribution in [1.29, 1.82) is 0 Å². The van der Waals surface area contributed by atoms with Crippen molar-refractivity contribution in [1.82, 2.24) is 0 Å². The summed E-state index contributed by atoms with van der Waals surface area (Å²) >= 11 is 0.907. The van der Waals surface area contributed by atoms with Crippen LogP contribution >= 0.6 is 11.8 Å². The van der Waals surface area contributed by atoms with Gasteiger partial charge in [-0.3, -0.25) is 19.7 Å². The number of hydrogen-bond acceptors (Lipinski definition) is 9. The van der Waals surface area contributed by atoms with Gasteiger partial charge < -0.3 is 15.2 Å². The van der Waals surface area contributed by atoms with E-state index in [2.05, 4.69) is 10.2 Å². The molecule has 1 saturated heterocycles. The summed E-state index contributed by atoms with van der Waals surface area (Å²) < 4.78 is 10.5. The van der Waals surface area contributed by atoms with Gasteiger partial charge in [0.1, 0.15) is 5.25 Å². The average Bonchev–Trinajstić information content (AvgIpc) is 3.31. The largest absolute Gasteiger partial charge is 0.454 e. The summed E-state index contributed by atoms with van der Waals surface area (Å²) in [6.07, 6.45) is 1.36. The number of thioether (sulfide) groups is 1. The first-order valence-electron chi connectivity index (χ1n) is 8.96. The normalized spacial score (nSPS) is 18.3. The van der Waals surface area contributed by atoms with Crippen LogP contribution in [0.5, 0.6) is 11.5 Å². The number of carbonyl (C=O) groups is 2. The number of nitrogens with two attached hydrogens (primary N) is 1. The minimum atomic E-state index is -0.795. The van der Waals surface area contributed by atoms with Crippen molar-refractivity contribution in [2.24, 2.45) is 15.9 Å². The summed E-state index contributed by atoms with van der Waals surface area (Å²) in [4.78, 5) is 36.3. The Balaban J connectivity index is 1.42. The quantitative estimate of drug-likeness (QED) is 0.243. The number of rotatable bonds is 5. The molecule has 0 spiro atoms. The van der Waals surface area contributed by atoms with Crippen LogP contribution in [-0.4, -0.2) is 40.2 Å². The lowest BCUT2D eigenvalue weighted by atomic mass is 10.2. The third-order valence-corrected chi connectivity index (χ3v) is 5.40. The smallest absolute Gasteiger partial charge is 0.271 e. The van der Waals surface area contributed by atoms with Crippen molar-refractivity contribution in [3.63, 3.8) is 0 Å². The van der Waals surface area contributed by atoms with E-state index in [1.54, 1.807) is 18.2 Å². The summed E-state index contributed by atoms with van der Waals surface area (Å²) in [5.74, 6) is 0.257. The van der Waals surface area contributed by atoms with Gasteiger partial charge in [0, 0.05) is 18.6 Å². The Morgan fingerprint density at radius 3 is 2.84 bits per heavy atom. The molecule has 2 amide bonds. The van der Waals surface area contributed by atoms with Gasteiger partial charge in [-0.25, -0.2) is 4.90 Å². The van der Waals surface area contributed by atoms with Crippen molar-refractivity contribution in [2.75, 3.05) is 11.7 Å². The highest BCUT2D eigenvalue weighted by atomic mass is 32.2. The van der Waals surface area contributed by atoms with E-state index in [-0.39, 0.29) is 29.8 Å². The highest BCUT2D eigenvalue weighted by Gasteiger charge is 2.41. The highest BCUT2D eigenvalue weighted by Crippen LogP contribution is 2.33. The molecule has 158 valence electrons. The Morgan fingerprint density at radius 1 is 1.23 bits per heavy atom. The zero-order chi connectivity index (χ0) is 22.0. The van der Waals surface area contributed by atoms with Crippen molar-refractivity contribution >= 4 is 46.3 Å². The number of nitro benzene ring substituents is 1. The molecular formula is C19H15N5O6S. The molecule has 2 N–H and O–H groups in total. The Kier molecular flexibility index (Phi) is 5.54. The third kappa shape index (κ3) is 4.33. The summed E-state index contributed by atoms with van der Waals surface area (Å²) in [5, 5.41) is 17.9. The number of nitro groups is 1. The molecule has 2 heterocycles. The zero-order valence-corrected chi connectivity index (χ0v) is 16.7. The lowest BCUT2D eigenvalue weighted by molar-refractivity contribution is -0.384. The molecule has 11 nitrogen and oxygen atoms in total. The molecule has 2 aromatic carbocycles. The fourth-order valence-corrected chi connectivity index (χ4v) is 3.85. The van der Waals surface area contributed by atoms with Crippen LogP contribution in [0.2, 0.25) is 0 Å². The lowest BCUT2D eigenvalue weighted by Gasteiger charge is -2.14. The Morgan fingerprint density at radius 2 is 2.03 bits per heavy atom. The van der Waals surface area contributed by atoms with E-state index in [0.29, 0.717) is 11.5 Å². The summed E-state index contributed by atoms with van der Waals surface area (Å²) in [5.41, 5.74) is 6.49. The number of amides is 2. The monoisotopic (exact) mass is 441 g/mol. The molecule has 0 aliphatic carbocycles. The van der Waals surface area contributed by atoms with Gasteiger partial charge in [-0.05, 0) is 29.8 Å². The number of amidine groups is 1. The molecule has 2 aliphatic heterocycles. The number of imide groups is 1. The predicted molar refractivity (Wildman–Crippen MR) is 113 cm³/mol. The van der Waals surface area contributed by atoms with Gasteiger partial charge in [-0.15, -0.1) is 5.10 Å². The minimum Gasteiger partial charge on any atom is -0.454 e. The topological polar surface area (TPSA) is 150 Å². The molecule has 0 radical (unpaired) electrons. The second-order valence-corrected chi connectivity index (χ2v) is 7.67. The number of fused-ring (bicyclic) bond motifs is 1. The van der Waals surface area contributed by atoms with E-state index in [1.165, 1.54) is 30.5 Å². The maximum absolute atomic E-state index is 12.7. The van der Waals surface area contributed by atoms with Gasteiger partial charge >= 0.3 is 0 Å². The first-order valence-corrected chi connectivity index (χ1v) is 9.84. The summed E-state index contributed by atoms with van der Waals surface area (Å²) in [6, 6.07) is 10.6. The number of non-ortho nitro benzene ring substituents is 1. The van der Waals surface area contributed by atoms with Crippen molar-refractivity contribution in [3.8, 4) is 11.5 Å². The standard InChI is InChI=1S/C19H15N5O6S/c20-19(22-21-9-11-4-5-14-15(6-11)30-10-29-14)31-16-8-17(25)23(18(16)26)12-2-1-3-13(7-12)24(27)28/h1-7,9,16H,8,10H2,(H2,20,22). The lowest BCUT2D eigenvalue weighted by Crippen LogP contribution is -2.31. The molecule has 1 unspecified atom stereocenters. The van der Waals surface area contributed by atoms with Crippen molar-refractivity contribution in [2.45, 2.75) is 11.7 Å². The van der Waals surface area contributed by atoms with Crippen LogP contribution < -0.4 is 20.1 Å². The van der Waals surface area contributed by atoms with Gasteiger partial charge in [-0.1, -0.05) is 17.8 Å². The first kappa shape index (κ1) is 20.3. The number of nitrogens with zero attached hydrogens (tertiary/aromatic N) is 4. The minimum absolute atomic E-state index is 0.00374. The molecule has 31 heavy (non-hydrogen) atoms. The Bertz CT molecular complexity index is 1130. The second-order valence-electron chi connectivity index (χ2n) is 6.45. The summed E-state index contributed by atoms with van der Waals surface area (Å²) in [7, 11) is 0. The van der Waals surface area contributed by atoms with Crippen LogP contribution in [0, 0.1) is 10.1 Å². The molecule has 0 bridgehead atoms. The van der Waals surface area contributed by atoms with E-state index in [9.17, 15) is 19.7 Å². The number of carbonyl (C=O) groups excluding carboxylic acids is 2. The van der Waals surface area contributed by atoms with Crippen LogP contribution in [0.1, 0.15) is 12.0 Å². The maximum Gasteiger partial charge on any atom is 0.271 e. The SMILES string of the molecule is NC(=NN=Cc1ccc2c(c1)OCO2)SC1CC(=O)N(c2cccc([N+](=O)[O-])c2)C1=O. The zero-order valence-electron chi connectivity index (χ0n) is 15.8. The van der Waals surface area contributed by atoms with Gasteiger partial charge in [-0.2, -0.15) is 5.10 Å². The summed E-state index contributed by atoms with van der Waals surface area (Å²) in [6.45, 7) is 0.166. The average molecular weight is 441 g/mol. The van der Waals surface area contributed by atoms with E-state index in [4.69, 9.17) is 15.2 Å². The molecule has 2 aromatic rings. The molecule has 2 aliphatic rings. The van der Waals surface area contributed by atoms with E-state index in [1.807, 2.05) is 0 Å². The fraction of sp³-hybridized carbons (Fsp3) is 0.158. The first-order chi connectivity index (χ1) is 14.9. The molecule has 12 heteroatoms. The highest BCUT2D eigenvalue weighted by molar-refractivity contribution is 8.14. The molecule has 1 fully saturated rings. The van der Waals surface area contributed by atoms with Gasteiger partial charge in [0.2, 0.25) is 18.6 Å². The van der Waals surface area contributed by atoms with Crippen LogP contribution in [0.15, 0.2) is 52.7 Å². The number of ether oxygens (including phenoxy) is 2. The predicted octanol–water partition coefficient (Wildman–Crippen LogP) is 2.04. The Hall–Kier alpha value is -3.93. The molecule has 0 aromatic heterocycles. The Labute approximate surface area is 179 Å². The number of anilines is 1. The van der Waals surface area contributed by atoms with Crippen LogP contribution in [0.3, 0.4) is 0 Å². The van der Waals surface area contributed by atoms with Crippen molar-refractivity contribution in [3.05, 3.63) is 58.1 Å². The second kappa shape index (κ2) is 8.44.